The van der Waals surface area contributed by atoms with Gasteiger partial charge in [-0.3, -0.25) is 0 Å². The molecule has 20 rings (SSSR count). The van der Waals surface area contributed by atoms with Crippen molar-refractivity contribution in [3.05, 3.63) is 0 Å². The molecule has 0 aromatic heterocycles. The zero-order valence-electron chi connectivity index (χ0n) is 83.7. The predicted octanol–water partition coefficient (Wildman–Crippen LogP) is 30.1. The summed E-state index contributed by atoms with van der Waals surface area (Å²) in [7, 11) is 3.46. The molecule has 10 heteroatoms. The van der Waals surface area contributed by atoms with Crippen LogP contribution in [0.4, 0.5) is 0 Å². The van der Waals surface area contributed by atoms with E-state index in [1.165, 1.54) is 180 Å². The van der Waals surface area contributed by atoms with Crippen molar-refractivity contribution in [3.63, 3.8) is 0 Å². The van der Waals surface area contributed by atoms with Crippen LogP contribution in [-0.4, -0.2) is 112 Å². The van der Waals surface area contributed by atoms with Crippen LogP contribution in [-0.2, 0) is 42.6 Å². The van der Waals surface area contributed by atoms with E-state index in [9.17, 15) is 0 Å². The molecule has 18 bridgehead atoms. The van der Waals surface area contributed by atoms with Crippen LogP contribution < -0.4 is 0 Å². The molecule has 0 aliphatic heterocycles. The molecule has 21 unspecified atom stereocenters. The molecule has 20 aliphatic carbocycles. The summed E-state index contributed by atoms with van der Waals surface area (Å²) >= 11 is 0. The minimum Gasteiger partial charge on any atom is -0.382 e. The Balaban J connectivity index is 0.000000169. The lowest BCUT2D eigenvalue weighted by Gasteiger charge is -2.62. The average Bonchev–Trinajstić information content (AvgIpc) is 1.49. The first-order chi connectivity index (χ1) is 56.7. The normalized spacial score (nSPS) is 39.4. The van der Waals surface area contributed by atoms with Crippen molar-refractivity contribution in [2.24, 2.45) is 135 Å². The molecule has 119 heavy (non-hydrogen) atoms. The highest BCUT2D eigenvalue weighted by Gasteiger charge is 2.64. The summed E-state index contributed by atoms with van der Waals surface area (Å²) in [6.45, 7) is 56.3. The summed E-state index contributed by atoms with van der Waals surface area (Å²) in [5.41, 5.74) is 1.31. The van der Waals surface area contributed by atoms with E-state index >= 15 is 0 Å². The van der Waals surface area contributed by atoms with Gasteiger partial charge in [0.1, 0.15) is 0 Å². The number of ether oxygens (including phenoxy) is 9. The first kappa shape index (κ1) is 104. The highest BCUT2D eigenvalue weighted by molar-refractivity contribution is 5.13. The summed E-state index contributed by atoms with van der Waals surface area (Å²) in [4.78, 5) is 0. The van der Waals surface area contributed by atoms with Crippen molar-refractivity contribution >= 4 is 0 Å². The van der Waals surface area contributed by atoms with Gasteiger partial charge in [0, 0.05) is 20.8 Å². The number of methoxy groups -OCH3 is 2. The van der Waals surface area contributed by atoms with Gasteiger partial charge in [0.15, 0.2) is 0 Å². The third-order valence-corrected chi connectivity index (χ3v) is 36.3. The monoisotopic (exact) mass is 1670 g/mol. The van der Waals surface area contributed by atoms with Crippen molar-refractivity contribution in [1.29, 1.82) is 5.26 Å². The minimum atomic E-state index is -0.111. The Kier molecular flexibility index (Phi) is 42.8. The minimum absolute atomic E-state index is 0.0818. The molecule has 0 aromatic carbocycles. The maximum atomic E-state index is 8.34. The van der Waals surface area contributed by atoms with Gasteiger partial charge in [-0.1, -0.05) is 94.9 Å². The van der Waals surface area contributed by atoms with E-state index in [1.807, 2.05) is 27.7 Å². The van der Waals surface area contributed by atoms with Crippen LogP contribution in [0, 0.1) is 146 Å². The second kappa shape index (κ2) is 49.2. The van der Waals surface area contributed by atoms with Crippen LogP contribution >= 0.6 is 0 Å². The number of fused-ring (bicyclic) bond motifs is 14. The summed E-state index contributed by atoms with van der Waals surface area (Å²) in [6.07, 6.45) is 64.3. The van der Waals surface area contributed by atoms with Gasteiger partial charge in [0.2, 0.25) is 0 Å². The van der Waals surface area contributed by atoms with Crippen molar-refractivity contribution < 1.29 is 42.6 Å². The van der Waals surface area contributed by atoms with E-state index in [0.717, 1.165) is 183 Å². The molecule has 0 aromatic rings. The van der Waals surface area contributed by atoms with Gasteiger partial charge in [0.05, 0.1) is 103 Å². The second-order valence-electron chi connectivity index (χ2n) is 45.7. The molecular weight excluding hydrogens is 1470 g/mol. The SMILES string of the molecule is CCC(C)(C)C#N.CCC(C)OC.CCC(C)OC.CCC(C)OC(C)(C)C12CC3CC(CC(C3)C1)C2.CCC(C)OC1(C)C2CC3CC(C2)CC1C3.CCC(C)OC1CC2CC1C1C3CCC(C3)C21.CCC(C)OC1CC2CC1C1CCCC21.CCC(C)OC1CCCCC1.CCC(C)OCC12CC3CC(CC(C3)C1)C2.CCOC(C)CC. The summed E-state index contributed by atoms with van der Waals surface area (Å²) < 4.78 is 52.4. The number of nitrogens with zero attached hydrogens (tertiary/aromatic N) is 1. The quantitative estimate of drug-likeness (QED) is 0.0703. The van der Waals surface area contributed by atoms with Crippen LogP contribution in [0.3, 0.4) is 0 Å². The molecule has 0 spiro atoms. The highest BCUT2D eigenvalue weighted by atomic mass is 16.5. The molecule has 10 nitrogen and oxygen atoms in total. The van der Waals surface area contributed by atoms with Gasteiger partial charge in [-0.2, -0.15) is 5.26 Å². The molecule has 0 amide bonds. The second-order valence-corrected chi connectivity index (χ2v) is 45.7. The Bertz CT molecular complexity index is 2690. The molecule has 20 fully saturated rings. The lowest BCUT2D eigenvalue weighted by atomic mass is 9.46. The molecule has 20 aliphatic rings. The number of hydrogen-bond donors (Lipinski definition) is 0. The Morgan fingerprint density at radius 2 is 0.773 bits per heavy atom. The van der Waals surface area contributed by atoms with Gasteiger partial charge in [-0.05, 0) is 477 Å². The van der Waals surface area contributed by atoms with Crippen molar-refractivity contribution in [2.45, 2.75) is 527 Å². The van der Waals surface area contributed by atoms with E-state index in [2.05, 4.69) is 151 Å². The smallest absolute Gasteiger partial charge is 0.0714 e. The Morgan fingerprint density at radius 1 is 0.361 bits per heavy atom. The molecule has 20 saturated carbocycles. The molecule has 21 atom stereocenters. The lowest BCUT2D eigenvalue weighted by Crippen LogP contribution is -2.58. The van der Waals surface area contributed by atoms with Crippen LogP contribution in [0.25, 0.3) is 0 Å². The number of rotatable bonds is 28. The topological polar surface area (TPSA) is 107 Å². The highest BCUT2D eigenvalue weighted by Crippen LogP contribution is 2.69. The molecule has 0 N–H and O–H groups in total. The Labute approximate surface area is 739 Å². The Hall–Kier alpha value is -0.870. The molecular formula is C109H201NO9. The summed E-state index contributed by atoms with van der Waals surface area (Å²) in [6, 6.07) is 2.19. The van der Waals surface area contributed by atoms with E-state index < -0.39 is 0 Å². The largest absolute Gasteiger partial charge is 0.382 e. The van der Waals surface area contributed by atoms with Gasteiger partial charge < -0.3 is 42.6 Å². The van der Waals surface area contributed by atoms with Crippen molar-refractivity contribution in [2.75, 3.05) is 27.4 Å². The van der Waals surface area contributed by atoms with Gasteiger partial charge in [0.25, 0.3) is 0 Å². The summed E-state index contributed by atoms with van der Waals surface area (Å²) in [5.74, 6) is 20.7. The van der Waals surface area contributed by atoms with Gasteiger partial charge in [-0.15, -0.1) is 0 Å². The fourth-order valence-electron chi connectivity index (χ4n) is 28.3. The first-order valence-corrected chi connectivity index (χ1v) is 52.7. The zero-order chi connectivity index (χ0) is 87.2. The third kappa shape index (κ3) is 28.8. The number of nitriles is 1. The fourth-order valence-corrected chi connectivity index (χ4v) is 28.3. The average molecular weight is 1670 g/mol. The molecule has 0 saturated heterocycles. The molecule has 0 radical (unpaired) electrons. The van der Waals surface area contributed by atoms with Gasteiger partial charge >= 0.3 is 0 Å². The van der Waals surface area contributed by atoms with Crippen LogP contribution in [0.5, 0.6) is 0 Å². The van der Waals surface area contributed by atoms with Crippen molar-refractivity contribution in [3.8, 4) is 6.07 Å². The zero-order valence-corrected chi connectivity index (χ0v) is 83.7. The lowest BCUT2D eigenvalue weighted by molar-refractivity contribution is -0.213. The van der Waals surface area contributed by atoms with Crippen LogP contribution in [0.15, 0.2) is 0 Å². The third-order valence-electron chi connectivity index (χ3n) is 36.3. The van der Waals surface area contributed by atoms with E-state index in [0.29, 0.717) is 84.1 Å². The fraction of sp³-hybridized carbons (Fsp3) is 0.991. The summed E-state index contributed by atoms with van der Waals surface area (Å²) in [5, 5.41) is 8.34. The standard InChI is InChI=1S/C17H30O.C16H26O.2C15H26O.C14H24O.C10H20O.C6H11N.C6H14O.2C5H12O/c1-5-12(2)18-16(3,4)17-9-13-6-14(10-17)8-15(7-13)11-17;1-3-9(2)17-14-8-12-7-13(14)16-11-5-4-10(6-11)15(12)16;1-4-10(2)16-15(3)13-6-11-5-12(8-13)9-14(15)7-11;1-3-11(2)16-10-15-7-12-4-13(8-15)6-14(5-12)9-15;1-3-9(2)15-14-8-10-7-13(14)12-6-4-5-11(10)12;1-3-9(2)11-10-7-5-4-6-8-10;1-4-6(2,3)5-7;1-4-6(3)7-5-2;2*1-4-5(2)6-3/h12-15H,5-11H2,1-4H3;9-16H,3-8H2,1-2H3;10-14H,4-9H2,1-3H3;11-14H,3-10H2,1-2H3;9-14H,3-8H2,1-2H3;9-10H,3-8H2,1-2H3;4H2,1-3H3;6H,4-5H2,1-3H3;2*5H,4H2,1-3H3. The molecule has 696 valence electrons. The van der Waals surface area contributed by atoms with Crippen molar-refractivity contribution in [1.82, 2.24) is 0 Å². The maximum Gasteiger partial charge on any atom is 0.0714 e. The maximum absolute atomic E-state index is 8.34. The van der Waals surface area contributed by atoms with E-state index in [1.54, 1.807) is 52.7 Å². The Morgan fingerprint density at radius 3 is 1.19 bits per heavy atom. The van der Waals surface area contributed by atoms with Gasteiger partial charge in [-0.25, -0.2) is 0 Å². The predicted molar refractivity (Wildman–Crippen MR) is 501 cm³/mol. The molecule has 0 heterocycles. The van der Waals surface area contributed by atoms with Crippen LogP contribution in [0.2, 0.25) is 0 Å². The van der Waals surface area contributed by atoms with Crippen LogP contribution in [0.1, 0.15) is 443 Å². The van der Waals surface area contributed by atoms with E-state index in [4.69, 9.17) is 47.9 Å². The number of hydrogen-bond acceptors (Lipinski definition) is 10. The van der Waals surface area contributed by atoms with E-state index in [-0.39, 0.29) is 16.6 Å². The first-order valence-electron chi connectivity index (χ1n) is 52.7.